The summed E-state index contributed by atoms with van der Waals surface area (Å²) in [6.45, 7) is 7.54. The Morgan fingerprint density at radius 2 is 1.45 bits per heavy atom. The van der Waals surface area contributed by atoms with Crippen LogP contribution in [0.4, 0.5) is 0 Å². The molecule has 0 aliphatic heterocycles. The first-order chi connectivity index (χ1) is 5.29. The lowest BCUT2D eigenvalue weighted by Crippen LogP contribution is -2.05. The molecule has 2 aromatic heterocycles. The fourth-order valence-electron chi connectivity index (χ4n) is 1.08. The molecule has 1 N–H and O–H groups in total. The number of hydrogen-bond donors (Lipinski definition) is 1. The molecule has 2 heterocycles. The normalized spacial score (nSPS) is 10.5. The highest BCUT2D eigenvalue weighted by Crippen LogP contribution is 1.92. The maximum absolute atomic E-state index is 4.11. The standard InChI is InChI=1S/C8H7N3/c1-5-7-8(6(2)11-5)10-4-3-9-7/h3-4,11H,1-2H2. The molecular formula is C8H7N3. The molecule has 2 rings (SSSR count). The topological polar surface area (TPSA) is 41.6 Å². The summed E-state index contributed by atoms with van der Waals surface area (Å²) >= 11 is 0. The minimum atomic E-state index is 0.776. The molecule has 0 saturated carbocycles. The molecule has 0 aliphatic carbocycles. The maximum Gasteiger partial charge on any atom is 0.114 e. The van der Waals surface area contributed by atoms with Crippen molar-refractivity contribution in [2.24, 2.45) is 0 Å². The van der Waals surface area contributed by atoms with Gasteiger partial charge in [-0.25, -0.2) is 0 Å². The van der Waals surface area contributed by atoms with Gasteiger partial charge in [0.2, 0.25) is 0 Å². The zero-order valence-electron chi connectivity index (χ0n) is 5.96. The molecule has 0 fully saturated rings. The van der Waals surface area contributed by atoms with E-state index in [1.165, 1.54) is 0 Å². The lowest BCUT2D eigenvalue weighted by molar-refractivity contribution is 1.29. The predicted octanol–water partition coefficient (Wildman–Crippen LogP) is -0.222. The van der Waals surface area contributed by atoms with Gasteiger partial charge in [0, 0.05) is 12.4 Å². The second kappa shape index (κ2) is 1.92. The van der Waals surface area contributed by atoms with Gasteiger partial charge in [0.25, 0.3) is 0 Å². The van der Waals surface area contributed by atoms with Gasteiger partial charge in [0.05, 0.1) is 10.7 Å². The van der Waals surface area contributed by atoms with Gasteiger partial charge in [-0.05, 0) is 0 Å². The Morgan fingerprint density at radius 3 is 1.91 bits per heavy atom. The molecule has 54 valence electrons. The fraction of sp³-hybridized carbons (Fsp3) is 0. The van der Waals surface area contributed by atoms with Crippen molar-refractivity contribution in [2.45, 2.75) is 0 Å². The van der Waals surface area contributed by atoms with Crippen molar-refractivity contribution in [1.82, 2.24) is 15.0 Å². The molecule has 0 saturated heterocycles. The van der Waals surface area contributed by atoms with E-state index in [1.807, 2.05) is 0 Å². The Hall–Kier alpha value is -1.64. The lowest BCUT2D eigenvalue weighted by Gasteiger charge is -1.82. The largest absolute Gasteiger partial charge is 0.353 e. The highest BCUT2D eigenvalue weighted by molar-refractivity contribution is 5.74. The first kappa shape index (κ1) is 6.09. The molecule has 0 spiro atoms. The molecule has 0 unspecified atom stereocenters. The number of aromatic nitrogens is 3. The van der Waals surface area contributed by atoms with E-state index < -0.39 is 0 Å². The second-order valence-electron chi connectivity index (χ2n) is 2.34. The van der Waals surface area contributed by atoms with Crippen LogP contribution in [0, 0.1) is 0 Å². The number of nitrogens with zero attached hydrogens (tertiary/aromatic N) is 2. The van der Waals surface area contributed by atoms with E-state index in [0.717, 1.165) is 21.7 Å². The van der Waals surface area contributed by atoms with Crippen LogP contribution in [0.15, 0.2) is 12.4 Å². The van der Waals surface area contributed by atoms with Crippen LogP contribution in [0.1, 0.15) is 0 Å². The molecule has 2 aromatic rings. The van der Waals surface area contributed by atoms with Crippen LogP contribution in [0.25, 0.3) is 24.2 Å². The van der Waals surface area contributed by atoms with E-state index in [1.54, 1.807) is 12.4 Å². The molecule has 0 aromatic carbocycles. The third-order valence-electron chi connectivity index (χ3n) is 1.57. The Balaban J connectivity index is 3.20. The third kappa shape index (κ3) is 0.741. The highest BCUT2D eigenvalue weighted by atomic mass is 14.8. The number of aromatic amines is 1. The molecule has 0 amide bonds. The van der Waals surface area contributed by atoms with Crippen LogP contribution in [0.2, 0.25) is 0 Å². The van der Waals surface area contributed by atoms with Gasteiger partial charge in [-0.2, -0.15) is 0 Å². The minimum Gasteiger partial charge on any atom is -0.353 e. The predicted molar refractivity (Wildman–Crippen MR) is 44.2 cm³/mol. The van der Waals surface area contributed by atoms with Gasteiger partial charge < -0.3 is 4.98 Å². The summed E-state index contributed by atoms with van der Waals surface area (Å²) in [6.07, 6.45) is 3.29. The first-order valence-electron chi connectivity index (χ1n) is 3.25. The highest BCUT2D eigenvalue weighted by Gasteiger charge is 1.97. The van der Waals surface area contributed by atoms with Gasteiger partial charge in [-0.1, -0.05) is 13.2 Å². The van der Waals surface area contributed by atoms with E-state index in [9.17, 15) is 0 Å². The van der Waals surface area contributed by atoms with Crippen molar-refractivity contribution < 1.29 is 0 Å². The van der Waals surface area contributed by atoms with E-state index in [-0.39, 0.29) is 0 Å². The Labute approximate surface area is 63.1 Å². The zero-order valence-corrected chi connectivity index (χ0v) is 5.96. The third-order valence-corrected chi connectivity index (χ3v) is 1.57. The van der Waals surface area contributed by atoms with E-state index >= 15 is 0 Å². The summed E-state index contributed by atoms with van der Waals surface area (Å²) in [5.41, 5.74) is 1.61. The van der Waals surface area contributed by atoms with Crippen LogP contribution in [0.3, 0.4) is 0 Å². The van der Waals surface area contributed by atoms with Crippen molar-refractivity contribution in [3.8, 4) is 0 Å². The van der Waals surface area contributed by atoms with Crippen LogP contribution in [-0.2, 0) is 0 Å². The van der Waals surface area contributed by atoms with Gasteiger partial charge in [-0.15, -0.1) is 0 Å². The molecule has 0 bridgehead atoms. The van der Waals surface area contributed by atoms with Gasteiger partial charge in [-0.3, -0.25) is 9.97 Å². The van der Waals surface area contributed by atoms with Crippen molar-refractivity contribution in [1.29, 1.82) is 0 Å². The summed E-state index contributed by atoms with van der Waals surface area (Å²) < 4.78 is 0. The maximum atomic E-state index is 4.11. The van der Waals surface area contributed by atoms with E-state index in [2.05, 4.69) is 28.1 Å². The summed E-state index contributed by atoms with van der Waals surface area (Å²) in [4.78, 5) is 11.2. The monoisotopic (exact) mass is 145 g/mol. The fourth-order valence-corrected chi connectivity index (χ4v) is 1.08. The van der Waals surface area contributed by atoms with Gasteiger partial charge in [0.1, 0.15) is 11.0 Å². The SMILES string of the molecule is C=c1[nH]c(=C)c2nccnc12. The minimum absolute atomic E-state index is 0.776. The van der Waals surface area contributed by atoms with Crippen molar-refractivity contribution in [2.75, 3.05) is 0 Å². The van der Waals surface area contributed by atoms with Crippen LogP contribution in [0.5, 0.6) is 0 Å². The van der Waals surface area contributed by atoms with Gasteiger partial charge in [0.15, 0.2) is 0 Å². The quantitative estimate of drug-likeness (QED) is 0.556. The first-order valence-corrected chi connectivity index (χ1v) is 3.25. The molecule has 3 heteroatoms. The number of rotatable bonds is 0. The summed E-state index contributed by atoms with van der Waals surface area (Å²) in [5, 5.41) is 1.55. The van der Waals surface area contributed by atoms with Crippen LogP contribution >= 0.6 is 0 Å². The second-order valence-corrected chi connectivity index (χ2v) is 2.34. The number of H-pyrrole nitrogens is 1. The van der Waals surface area contributed by atoms with E-state index in [0.29, 0.717) is 0 Å². The number of nitrogens with one attached hydrogen (secondary N) is 1. The smallest absolute Gasteiger partial charge is 0.114 e. The number of fused-ring (bicyclic) bond motifs is 1. The Kier molecular flexibility index (Phi) is 1.06. The van der Waals surface area contributed by atoms with Crippen LogP contribution < -0.4 is 10.7 Å². The molecule has 11 heavy (non-hydrogen) atoms. The average Bonchev–Trinajstić information content (AvgIpc) is 2.30. The average molecular weight is 145 g/mol. The summed E-state index contributed by atoms with van der Waals surface area (Å²) in [5.74, 6) is 0. The molecular weight excluding hydrogens is 138 g/mol. The zero-order chi connectivity index (χ0) is 7.84. The Morgan fingerprint density at radius 1 is 1.00 bits per heavy atom. The molecule has 0 atom stereocenters. The molecule has 0 aliphatic rings. The molecule has 0 radical (unpaired) electrons. The van der Waals surface area contributed by atoms with Gasteiger partial charge >= 0.3 is 0 Å². The van der Waals surface area contributed by atoms with Crippen molar-refractivity contribution in [3.05, 3.63) is 23.1 Å². The van der Waals surface area contributed by atoms with Crippen molar-refractivity contribution in [3.63, 3.8) is 0 Å². The van der Waals surface area contributed by atoms with Crippen molar-refractivity contribution >= 4 is 24.2 Å². The molecule has 3 nitrogen and oxygen atoms in total. The Bertz CT molecular complexity index is 439. The lowest BCUT2D eigenvalue weighted by atomic mass is 10.4. The number of hydrogen-bond acceptors (Lipinski definition) is 2. The van der Waals surface area contributed by atoms with Crippen LogP contribution in [-0.4, -0.2) is 15.0 Å². The summed E-state index contributed by atoms with van der Waals surface area (Å²) in [6, 6.07) is 0. The summed E-state index contributed by atoms with van der Waals surface area (Å²) in [7, 11) is 0. The van der Waals surface area contributed by atoms with E-state index in [4.69, 9.17) is 0 Å².